The van der Waals surface area contributed by atoms with E-state index >= 15 is 0 Å². The molecule has 0 aromatic rings. The Kier molecular flexibility index (Phi) is 5.37. The molecule has 0 spiro atoms. The van der Waals surface area contributed by atoms with Crippen LogP contribution in [0.25, 0.3) is 0 Å². The van der Waals surface area contributed by atoms with E-state index in [0.29, 0.717) is 6.42 Å². The highest BCUT2D eigenvalue weighted by atomic mass is 16.5. The zero-order chi connectivity index (χ0) is 9.56. The maximum absolute atomic E-state index is 10.8. The Morgan fingerprint density at radius 3 is 2.67 bits per heavy atom. The summed E-state index contributed by atoms with van der Waals surface area (Å²) in [5.74, 6) is -0.529. The lowest BCUT2D eigenvalue weighted by molar-refractivity contribution is -0.137. The Balaban J connectivity index is 3.84. The molecule has 3 heteroatoms. The van der Waals surface area contributed by atoms with Crippen molar-refractivity contribution >= 4 is 5.97 Å². The number of hydrogen-bond acceptors (Lipinski definition) is 3. The number of aliphatic hydroxyl groups excluding tert-OH is 1. The lowest BCUT2D eigenvalue weighted by Gasteiger charge is -2.10. The Hall–Kier alpha value is -0.830. The van der Waals surface area contributed by atoms with Crippen LogP contribution in [0.15, 0.2) is 12.2 Å². The number of ether oxygens (including phenoxy) is 1. The molecule has 0 saturated carbocycles. The minimum absolute atomic E-state index is 0.144. The first-order valence-corrected chi connectivity index (χ1v) is 4.08. The Labute approximate surface area is 73.0 Å². The summed E-state index contributed by atoms with van der Waals surface area (Å²) in [4.78, 5) is 10.8. The van der Waals surface area contributed by atoms with Gasteiger partial charge >= 0.3 is 5.97 Å². The first-order valence-electron chi connectivity index (χ1n) is 4.08. The SMILES string of the molecule is C=C(C(=O)OC)[C@H](O)CCCC. The maximum atomic E-state index is 10.8. The van der Waals surface area contributed by atoms with Crippen LogP contribution in [0.1, 0.15) is 26.2 Å². The number of rotatable bonds is 5. The van der Waals surface area contributed by atoms with E-state index in [4.69, 9.17) is 0 Å². The minimum atomic E-state index is -0.752. The second kappa shape index (κ2) is 5.77. The van der Waals surface area contributed by atoms with Crippen LogP contribution in [-0.2, 0) is 9.53 Å². The van der Waals surface area contributed by atoms with Gasteiger partial charge in [-0.1, -0.05) is 26.3 Å². The van der Waals surface area contributed by atoms with Gasteiger partial charge in [-0.25, -0.2) is 4.79 Å². The third-order valence-corrected chi connectivity index (χ3v) is 1.68. The van der Waals surface area contributed by atoms with Gasteiger partial charge in [-0.15, -0.1) is 0 Å². The van der Waals surface area contributed by atoms with Crippen LogP contribution in [0.4, 0.5) is 0 Å². The lowest BCUT2D eigenvalue weighted by atomic mass is 10.1. The van der Waals surface area contributed by atoms with E-state index < -0.39 is 12.1 Å². The van der Waals surface area contributed by atoms with Crippen LogP contribution in [0.3, 0.4) is 0 Å². The molecule has 0 heterocycles. The van der Waals surface area contributed by atoms with Crippen molar-refractivity contribution in [2.24, 2.45) is 0 Å². The number of esters is 1. The van der Waals surface area contributed by atoms with Gasteiger partial charge in [-0.2, -0.15) is 0 Å². The number of carbonyl (C=O) groups excluding carboxylic acids is 1. The molecule has 0 radical (unpaired) electrons. The lowest BCUT2D eigenvalue weighted by Crippen LogP contribution is -2.18. The summed E-state index contributed by atoms with van der Waals surface area (Å²) in [5.41, 5.74) is 0.144. The van der Waals surface area contributed by atoms with Crippen molar-refractivity contribution < 1.29 is 14.6 Å². The fourth-order valence-corrected chi connectivity index (χ4v) is 0.839. The molecule has 0 bridgehead atoms. The van der Waals surface area contributed by atoms with Crippen molar-refractivity contribution in [3.63, 3.8) is 0 Å². The van der Waals surface area contributed by atoms with E-state index in [9.17, 15) is 9.90 Å². The Morgan fingerprint density at radius 1 is 1.67 bits per heavy atom. The first-order chi connectivity index (χ1) is 5.63. The molecule has 0 aliphatic heterocycles. The topological polar surface area (TPSA) is 46.5 Å². The number of hydrogen-bond donors (Lipinski definition) is 1. The molecule has 0 amide bonds. The summed E-state index contributed by atoms with van der Waals surface area (Å²) in [6.07, 6.45) is 1.70. The van der Waals surface area contributed by atoms with E-state index in [1.54, 1.807) is 0 Å². The molecular formula is C9H16O3. The summed E-state index contributed by atoms with van der Waals surface area (Å²) in [6, 6.07) is 0. The molecule has 1 atom stereocenters. The second-order valence-corrected chi connectivity index (χ2v) is 2.67. The third kappa shape index (κ3) is 3.53. The van der Waals surface area contributed by atoms with Crippen molar-refractivity contribution in [3.05, 3.63) is 12.2 Å². The van der Waals surface area contributed by atoms with Crippen LogP contribution in [0, 0.1) is 0 Å². The molecular weight excluding hydrogens is 156 g/mol. The molecule has 0 aromatic carbocycles. The van der Waals surface area contributed by atoms with Crippen LogP contribution in [0.2, 0.25) is 0 Å². The Bertz CT molecular complexity index is 163. The quantitative estimate of drug-likeness (QED) is 0.501. The maximum Gasteiger partial charge on any atom is 0.335 e. The predicted octanol–water partition coefficient (Wildman–Crippen LogP) is 1.27. The molecule has 0 rings (SSSR count). The van der Waals surface area contributed by atoms with Gasteiger partial charge in [-0.3, -0.25) is 0 Å². The highest BCUT2D eigenvalue weighted by Gasteiger charge is 2.15. The number of methoxy groups -OCH3 is 1. The molecule has 0 aliphatic rings. The average Bonchev–Trinajstić information content (AvgIpc) is 2.11. The summed E-state index contributed by atoms with van der Waals surface area (Å²) in [7, 11) is 1.28. The smallest absolute Gasteiger partial charge is 0.335 e. The summed E-state index contributed by atoms with van der Waals surface area (Å²) >= 11 is 0. The van der Waals surface area contributed by atoms with Gasteiger partial charge in [-0.05, 0) is 6.42 Å². The number of aliphatic hydroxyl groups is 1. The minimum Gasteiger partial charge on any atom is -0.466 e. The van der Waals surface area contributed by atoms with E-state index in [1.165, 1.54) is 7.11 Å². The molecule has 0 aliphatic carbocycles. The van der Waals surface area contributed by atoms with Gasteiger partial charge in [0.2, 0.25) is 0 Å². The van der Waals surface area contributed by atoms with E-state index in [-0.39, 0.29) is 5.57 Å². The number of carbonyl (C=O) groups is 1. The summed E-state index contributed by atoms with van der Waals surface area (Å²) < 4.78 is 4.41. The highest BCUT2D eigenvalue weighted by Crippen LogP contribution is 2.09. The van der Waals surface area contributed by atoms with Crippen LogP contribution < -0.4 is 0 Å². The molecule has 70 valence electrons. The average molecular weight is 172 g/mol. The monoisotopic (exact) mass is 172 g/mol. The molecule has 0 aromatic heterocycles. The largest absolute Gasteiger partial charge is 0.466 e. The van der Waals surface area contributed by atoms with Gasteiger partial charge in [0, 0.05) is 0 Å². The van der Waals surface area contributed by atoms with Gasteiger partial charge in [0.1, 0.15) is 0 Å². The van der Waals surface area contributed by atoms with Crippen LogP contribution in [0.5, 0.6) is 0 Å². The van der Waals surface area contributed by atoms with Crippen molar-refractivity contribution in [1.82, 2.24) is 0 Å². The van der Waals surface area contributed by atoms with Crippen molar-refractivity contribution in [2.75, 3.05) is 7.11 Å². The molecule has 3 nitrogen and oxygen atoms in total. The zero-order valence-corrected chi connectivity index (χ0v) is 7.67. The van der Waals surface area contributed by atoms with Crippen LogP contribution >= 0.6 is 0 Å². The number of unbranched alkanes of at least 4 members (excludes halogenated alkanes) is 1. The molecule has 12 heavy (non-hydrogen) atoms. The van der Waals surface area contributed by atoms with Gasteiger partial charge in [0.15, 0.2) is 0 Å². The van der Waals surface area contributed by atoms with Gasteiger partial charge in [0.25, 0.3) is 0 Å². The Morgan fingerprint density at radius 2 is 2.25 bits per heavy atom. The third-order valence-electron chi connectivity index (χ3n) is 1.68. The van der Waals surface area contributed by atoms with Crippen molar-refractivity contribution in [2.45, 2.75) is 32.3 Å². The standard InChI is InChI=1S/C9H16O3/c1-4-5-6-8(10)7(2)9(11)12-3/h8,10H,2,4-6H2,1,3H3/t8-/m1/s1. The van der Waals surface area contributed by atoms with Crippen LogP contribution in [-0.4, -0.2) is 24.3 Å². The summed E-state index contributed by atoms with van der Waals surface area (Å²) in [6.45, 7) is 5.48. The van der Waals surface area contributed by atoms with Gasteiger partial charge in [0.05, 0.1) is 18.8 Å². The normalized spacial score (nSPS) is 12.2. The van der Waals surface area contributed by atoms with E-state index in [2.05, 4.69) is 11.3 Å². The fourth-order valence-electron chi connectivity index (χ4n) is 0.839. The zero-order valence-electron chi connectivity index (χ0n) is 7.67. The van der Waals surface area contributed by atoms with Crippen molar-refractivity contribution in [1.29, 1.82) is 0 Å². The highest BCUT2D eigenvalue weighted by molar-refractivity contribution is 5.88. The predicted molar refractivity (Wildman–Crippen MR) is 46.7 cm³/mol. The summed E-state index contributed by atoms with van der Waals surface area (Å²) in [5, 5.41) is 9.35. The van der Waals surface area contributed by atoms with E-state index in [1.807, 2.05) is 6.92 Å². The van der Waals surface area contributed by atoms with Crippen molar-refractivity contribution in [3.8, 4) is 0 Å². The van der Waals surface area contributed by atoms with E-state index in [0.717, 1.165) is 12.8 Å². The first kappa shape index (κ1) is 11.2. The molecule has 0 fully saturated rings. The fraction of sp³-hybridized carbons (Fsp3) is 0.667. The molecule has 0 saturated heterocycles. The van der Waals surface area contributed by atoms with Gasteiger partial charge < -0.3 is 9.84 Å². The molecule has 0 unspecified atom stereocenters. The second-order valence-electron chi connectivity index (χ2n) is 2.67. The molecule has 1 N–H and O–H groups in total.